The molecule has 1 aliphatic heterocycles. The van der Waals surface area contributed by atoms with Crippen LogP contribution in [0.25, 0.3) is 0 Å². The number of rotatable bonds is 2. The summed E-state index contributed by atoms with van der Waals surface area (Å²) in [6, 6.07) is 7.78. The lowest BCUT2D eigenvalue weighted by Crippen LogP contribution is -2.29. The highest BCUT2D eigenvalue weighted by Crippen LogP contribution is 2.37. The first-order chi connectivity index (χ1) is 9.05. The molecule has 0 atom stereocenters. The van der Waals surface area contributed by atoms with Gasteiger partial charge in [0.25, 0.3) is 15.9 Å². The van der Waals surface area contributed by atoms with Crippen LogP contribution in [0.3, 0.4) is 0 Å². The molecule has 2 heterocycles. The summed E-state index contributed by atoms with van der Waals surface area (Å²) in [5, 5.41) is 1.60. The number of ether oxygens (including phenoxy) is 1. The van der Waals surface area contributed by atoms with Crippen molar-refractivity contribution in [3.05, 3.63) is 40.6 Å². The molecule has 1 aromatic heterocycles. The van der Waals surface area contributed by atoms with E-state index in [9.17, 15) is 13.2 Å². The van der Waals surface area contributed by atoms with E-state index in [1.807, 2.05) is 0 Å². The van der Waals surface area contributed by atoms with Crippen LogP contribution >= 0.6 is 11.3 Å². The van der Waals surface area contributed by atoms with E-state index in [0.29, 0.717) is 11.4 Å². The number of carbonyl (C=O) groups is 1. The van der Waals surface area contributed by atoms with Crippen molar-refractivity contribution in [2.75, 3.05) is 11.4 Å². The van der Waals surface area contributed by atoms with E-state index < -0.39 is 15.9 Å². The predicted molar refractivity (Wildman–Crippen MR) is 71.3 cm³/mol. The molecule has 0 saturated carbocycles. The van der Waals surface area contributed by atoms with Crippen molar-refractivity contribution in [2.24, 2.45) is 0 Å². The van der Waals surface area contributed by atoms with Crippen LogP contribution < -0.4 is 9.04 Å². The number of fused-ring (bicyclic) bond motifs is 1. The Hall–Kier alpha value is -1.86. The molecule has 0 radical (unpaired) electrons. The first-order valence-electron chi connectivity index (χ1n) is 5.37. The topological polar surface area (TPSA) is 63.7 Å². The van der Waals surface area contributed by atoms with Crippen LogP contribution in [-0.2, 0) is 10.0 Å². The fourth-order valence-corrected chi connectivity index (χ4v) is 4.72. The Morgan fingerprint density at radius 1 is 1.16 bits per heavy atom. The third-order valence-corrected chi connectivity index (χ3v) is 5.62. The molecule has 0 N–H and O–H groups in total. The van der Waals surface area contributed by atoms with Crippen LogP contribution in [0.1, 0.15) is 9.67 Å². The van der Waals surface area contributed by atoms with Gasteiger partial charge in [-0.2, -0.15) is 4.31 Å². The number of benzene rings is 1. The van der Waals surface area contributed by atoms with Gasteiger partial charge >= 0.3 is 0 Å². The van der Waals surface area contributed by atoms with Gasteiger partial charge in [-0.1, -0.05) is 0 Å². The molecule has 7 heteroatoms. The van der Waals surface area contributed by atoms with Gasteiger partial charge < -0.3 is 4.74 Å². The van der Waals surface area contributed by atoms with Crippen molar-refractivity contribution in [2.45, 2.75) is 4.90 Å². The van der Waals surface area contributed by atoms with Gasteiger partial charge in [0.15, 0.2) is 0 Å². The van der Waals surface area contributed by atoms with Gasteiger partial charge in [0.2, 0.25) is 0 Å². The standard InChI is InChI=1S/C12H9NO4S2/c1-17-9-4-2-8(3-5-9)13-12(14)11-10(6-7-18-11)19(13,15)16/h2-7H,1H3. The second-order valence-electron chi connectivity index (χ2n) is 3.89. The molecule has 1 aliphatic rings. The minimum absolute atomic E-state index is 0.0818. The maximum atomic E-state index is 12.3. The number of hydrogen-bond donors (Lipinski definition) is 0. The van der Waals surface area contributed by atoms with Crippen LogP contribution in [0, 0.1) is 0 Å². The quantitative estimate of drug-likeness (QED) is 0.851. The Kier molecular flexibility index (Phi) is 2.61. The summed E-state index contributed by atoms with van der Waals surface area (Å²) in [6.07, 6.45) is 0. The van der Waals surface area contributed by atoms with Gasteiger partial charge in [-0.15, -0.1) is 11.3 Å². The van der Waals surface area contributed by atoms with Crippen LogP contribution in [0.2, 0.25) is 0 Å². The lowest BCUT2D eigenvalue weighted by atomic mass is 10.3. The summed E-state index contributed by atoms with van der Waals surface area (Å²) in [5.41, 5.74) is 0.314. The van der Waals surface area contributed by atoms with Crippen molar-refractivity contribution >= 4 is 33.0 Å². The van der Waals surface area contributed by atoms with Crippen LogP contribution in [0.4, 0.5) is 5.69 Å². The molecule has 1 aromatic carbocycles. The summed E-state index contributed by atoms with van der Waals surface area (Å²) in [4.78, 5) is 12.5. The van der Waals surface area contributed by atoms with Crippen LogP contribution in [0.15, 0.2) is 40.6 Å². The van der Waals surface area contributed by atoms with Crippen LogP contribution in [-0.4, -0.2) is 21.4 Å². The molecule has 0 fully saturated rings. The fraction of sp³-hybridized carbons (Fsp3) is 0.0833. The van der Waals surface area contributed by atoms with E-state index in [-0.39, 0.29) is 9.77 Å². The average molecular weight is 295 g/mol. The zero-order valence-corrected chi connectivity index (χ0v) is 11.5. The maximum absolute atomic E-state index is 12.3. The third kappa shape index (κ3) is 1.66. The van der Waals surface area contributed by atoms with Crippen LogP contribution in [0.5, 0.6) is 5.75 Å². The molecular weight excluding hydrogens is 286 g/mol. The number of carbonyl (C=O) groups excluding carboxylic acids is 1. The molecule has 0 spiro atoms. The van der Waals surface area contributed by atoms with Crippen molar-refractivity contribution < 1.29 is 17.9 Å². The highest BCUT2D eigenvalue weighted by Gasteiger charge is 2.43. The second kappa shape index (κ2) is 4.07. The van der Waals surface area contributed by atoms with E-state index in [2.05, 4.69) is 0 Å². The zero-order chi connectivity index (χ0) is 13.6. The second-order valence-corrected chi connectivity index (χ2v) is 6.56. The normalized spacial score (nSPS) is 16.5. The van der Waals surface area contributed by atoms with E-state index in [4.69, 9.17) is 4.74 Å². The van der Waals surface area contributed by atoms with E-state index >= 15 is 0 Å². The first-order valence-corrected chi connectivity index (χ1v) is 7.69. The zero-order valence-electron chi connectivity index (χ0n) is 9.86. The summed E-state index contributed by atoms with van der Waals surface area (Å²) < 4.78 is 30.4. The molecule has 0 saturated heterocycles. The highest BCUT2D eigenvalue weighted by atomic mass is 32.2. The van der Waals surface area contributed by atoms with E-state index in [1.54, 1.807) is 29.6 Å². The molecule has 98 valence electrons. The van der Waals surface area contributed by atoms with Crippen molar-refractivity contribution in [3.63, 3.8) is 0 Å². The maximum Gasteiger partial charge on any atom is 0.283 e. The molecule has 5 nitrogen and oxygen atoms in total. The van der Waals surface area contributed by atoms with Gasteiger partial charge in [0, 0.05) is 0 Å². The van der Waals surface area contributed by atoms with Crippen molar-refractivity contribution in [1.29, 1.82) is 0 Å². The van der Waals surface area contributed by atoms with Gasteiger partial charge in [-0.25, -0.2) is 8.42 Å². The van der Waals surface area contributed by atoms with Crippen molar-refractivity contribution in [1.82, 2.24) is 0 Å². The smallest absolute Gasteiger partial charge is 0.283 e. The van der Waals surface area contributed by atoms with Gasteiger partial charge in [-0.3, -0.25) is 4.79 Å². The van der Waals surface area contributed by atoms with Gasteiger partial charge in [0.1, 0.15) is 15.5 Å². The summed E-state index contributed by atoms with van der Waals surface area (Å²) in [6.45, 7) is 0. The average Bonchev–Trinajstić information content (AvgIpc) is 2.95. The van der Waals surface area contributed by atoms with Gasteiger partial charge in [0.05, 0.1) is 12.8 Å². The lowest BCUT2D eigenvalue weighted by Gasteiger charge is -2.15. The number of methoxy groups -OCH3 is 1. The number of hydrogen-bond acceptors (Lipinski definition) is 5. The molecular formula is C12H9NO4S2. The molecule has 1 amide bonds. The summed E-state index contributed by atoms with van der Waals surface area (Å²) in [5.74, 6) is 0.0951. The first kappa shape index (κ1) is 12.2. The molecule has 0 aliphatic carbocycles. The molecule has 0 unspecified atom stereocenters. The van der Waals surface area contributed by atoms with E-state index in [1.165, 1.54) is 13.2 Å². The third-order valence-electron chi connectivity index (χ3n) is 2.83. The Morgan fingerprint density at radius 2 is 1.84 bits per heavy atom. The van der Waals surface area contributed by atoms with E-state index in [0.717, 1.165) is 15.6 Å². The molecule has 2 aromatic rings. The number of thiophene rings is 1. The fourth-order valence-electron chi connectivity index (χ4n) is 1.93. The monoisotopic (exact) mass is 295 g/mol. The SMILES string of the molecule is COc1ccc(N2C(=O)c3sccc3S2(=O)=O)cc1. The highest BCUT2D eigenvalue weighted by molar-refractivity contribution is 7.94. The number of amides is 1. The molecule has 0 bridgehead atoms. The lowest BCUT2D eigenvalue weighted by molar-refractivity contribution is 0.101. The predicted octanol–water partition coefficient (Wildman–Crippen LogP) is 2.11. The number of anilines is 1. The Labute approximate surface area is 114 Å². The van der Waals surface area contributed by atoms with Gasteiger partial charge in [-0.05, 0) is 35.7 Å². The van der Waals surface area contributed by atoms with Crippen molar-refractivity contribution in [3.8, 4) is 5.75 Å². The summed E-state index contributed by atoms with van der Waals surface area (Å²) in [7, 11) is -2.25. The minimum Gasteiger partial charge on any atom is -0.497 e. The Bertz CT molecular complexity index is 746. The summed E-state index contributed by atoms with van der Waals surface area (Å²) >= 11 is 1.13. The largest absolute Gasteiger partial charge is 0.497 e. The number of sulfonamides is 1. The molecule has 3 rings (SSSR count). The minimum atomic E-state index is -3.77. The molecule has 19 heavy (non-hydrogen) atoms. The number of nitrogens with zero attached hydrogens (tertiary/aromatic N) is 1. The Morgan fingerprint density at radius 3 is 2.42 bits per heavy atom. The Balaban J connectivity index is 2.11.